The van der Waals surface area contributed by atoms with Crippen LogP contribution >= 0.6 is 0 Å². The van der Waals surface area contributed by atoms with Gasteiger partial charge in [0, 0.05) is 21.9 Å². The fraction of sp³-hybridized carbons (Fsp3) is 0.0556. The second kappa shape index (κ2) is 3.94. The Labute approximate surface area is 116 Å². The van der Waals surface area contributed by atoms with E-state index in [1.54, 1.807) is 7.11 Å². The van der Waals surface area contributed by atoms with Crippen molar-refractivity contribution in [2.24, 2.45) is 0 Å². The van der Waals surface area contributed by atoms with E-state index < -0.39 is 0 Å². The maximum atomic E-state index is 12.7. The Bertz CT molecular complexity index is 862. The summed E-state index contributed by atoms with van der Waals surface area (Å²) in [6, 6.07) is 17.6. The van der Waals surface area contributed by atoms with Crippen LogP contribution in [-0.4, -0.2) is 12.9 Å². The molecule has 0 atom stereocenters. The van der Waals surface area contributed by atoms with E-state index >= 15 is 0 Å². The molecular weight excluding hydrogens is 248 g/mol. The average molecular weight is 260 g/mol. The van der Waals surface area contributed by atoms with Crippen LogP contribution in [0.1, 0.15) is 15.9 Å². The molecule has 20 heavy (non-hydrogen) atoms. The van der Waals surface area contributed by atoms with Crippen LogP contribution in [0.2, 0.25) is 0 Å². The van der Waals surface area contributed by atoms with Gasteiger partial charge in [-0.2, -0.15) is 0 Å². The predicted molar refractivity (Wildman–Crippen MR) is 79.4 cm³/mol. The Kier molecular flexibility index (Phi) is 2.21. The number of carbonyl (C=O) groups is 1. The van der Waals surface area contributed by atoms with E-state index in [0.29, 0.717) is 0 Å². The molecule has 0 unspecified atom stereocenters. The van der Waals surface area contributed by atoms with Gasteiger partial charge in [0.25, 0.3) is 0 Å². The lowest BCUT2D eigenvalue weighted by Gasteiger charge is -2.20. The molecule has 0 saturated carbocycles. The number of fused-ring (bicyclic) bond motifs is 2. The number of hydrogen-bond acceptors (Lipinski definition) is 2. The number of carbonyl (C=O) groups excluding carboxylic acids is 1. The SMILES string of the molecule is COc1ccc2c3c(cccc13)C(=O)c1ccccc1-2. The van der Waals surface area contributed by atoms with Gasteiger partial charge in [-0.1, -0.05) is 48.5 Å². The van der Waals surface area contributed by atoms with Gasteiger partial charge in [-0.25, -0.2) is 0 Å². The summed E-state index contributed by atoms with van der Waals surface area (Å²) in [5.41, 5.74) is 3.64. The largest absolute Gasteiger partial charge is 0.496 e. The molecule has 1 aliphatic rings. The summed E-state index contributed by atoms with van der Waals surface area (Å²) in [7, 11) is 1.66. The fourth-order valence-electron chi connectivity index (χ4n) is 3.03. The van der Waals surface area contributed by atoms with E-state index in [9.17, 15) is 4.79 Å². The van der Waals surface area contributed by atoms with Crippen molar-refractivity contribution in [3.63, 3.8) is 0 Å². The Morgan fingerprint density at radius 3 is 2.30 bits per heavy atom. The second-order valence-corrected chi connectivity index (χ2v) is 4.92. The molecule has 0 radical (unpaired) electrons. The molecule has 0 bridgehead atoms. The van der Waals surface area contributed by atoms with Crippen LogP contribution in [0.25, 0.3) is 21.9 Å². The van der Waals surface area contributed by atoms with Crippen LogP contribution in [-0.2, 0) is 0 Å². The van der Waals surface area contributed by atoms with Gasteiger partial charge in [0.1, 0.15) is 5.75 Å². The summed E-state index contributed by atoms with van der Waals surface area (Å²) in [5.74, 6) is 0.893. The van der Waals surface area contributed by atoms with Gasteiger partial charge in [0.2, 0.25) is 0 Å². The molecule has 2 heteroatoms. The first kappa shape index (κ1) is 11.2. The van der Waals surface area contributed by atoms with Crippen molar-refractivity contribution in [1.82, 2.24) is 0 Å². The molecule has 3 aromatic rings. The third kappa shape index (κ3) is 1.31. The lowest BCUT2D eigenvalue weighted by atomic mass is 9.83. The molecule has 3 aromatic carbocycles. The van der Waals surface area contributed by atoms with Gasteiger partial charge >= 0.3 is 0 Å². The second-order valence-electron chi connectivity index (χ2n) is 4.92. The molecule has 0 spiro atoms. The van der Waals surface area contributed by atoms with Crippen LogP contribution in [0.4, 0.5) is 0 Å². The highest BCUT2D eigenvalue weighted by Gasteiger charge is 2.25. The molecule has 0 amide bonds. The van der Waals surface area contributed by atoms with E-state index in [4.69, 9.17) is 4.74 Å². The quantitative estimate of drug-likeness (QED) is 0.516. The Morgan fingerprint density at radius 1 is 0.750 bits per heavy atom. The standard InChI is InChI=1S/C18H12O2/c1-20-16-10-9-12-11-5-2-3-6-13(11)18(19)15-8-4-7-14(16)17(12)15/h2-10H,1H3. The number of ether oxygens (including phenoxy) is 1. The highest BCUT2D eigenvalue weighted by atomic mass is 16.5. The van der Waals surface area contributed by atoms with Gasteiger partial charge in [0.05, 0.1) is 7.11 Å². The number of rotatable bonds is 1. The van der Waals surface area contributed by atoms with Crippen molar-refractivity contribution in [3.05, 3.63) is 65.7 Å². The maximum Gasteiger partial charge on any atom is 0.194 e. The lowest BCUT2D eigenvalue weighted by Crippen LogP contribution is -2.09. The van der Waals surface area contributed by atoms with Gasteiger partial charge in [0.15, 0.2) is 5.78 Å². The molecule has 2 nitrogen and oxygen atoms in total. The van der Waals surface area contributed by atoms with Crippen molar-refractivity contribution < 1.29 is 9.53 Å². The molecule has 0 N–H and O–H groups in total. The Morgan fingerprint density at radius 2 is 1.50 bits per heavy atom. The average Bonchev–Trinajstić information content (AvgIpc) is 2.52. The third-order valence-corrected chi connectivity index (χ3v) is 3.93. The highest BCUT2D eigenvalue weighted by Crippen LogP contribution is 2.42. The van der Waals surface area contributed by atoms with Crippen molar-refractivity contribution in [2.75, 3.05) is 7.11 Å². The van der Waals surface area contributed by atoms with E-state index in [2.05, 4.69) is 0 Å². The van der Waals surface area contributed by atoms with Crippen LogP contribution in [0, 0.1) is 0 Å². The van der Waals surface area contributed by atoms with Crippen molar-refractivity contribution >= 4 is 16.6 Å². The first-order valence-electron chi connectivity index (χ1n) is 6.55. The summed E-state index contributed by atoms with van der Waals surface area (Å²) in [5, 5.41) is 1.99. The molecule has 0 heterocycles. The zero-order valence-corrected chi connectivity index (χ0v) is 11.0. The van der Waals surface area contributed by atoms with Crippen molar-refractivity contribution in [3.8, 4) is 16.9 Å². The van der Waals surface area contributed by atoms with E-state index in [-0.39, 0.29) is 5.78 Å². The molecule has 0 fully saturated rings. The summed E-state index contributed by atoms with van der Waals surface area (Å²) in [4.78, 5) is 12.7. The first-order chi connectivity index (χ1) is 9.81. The highest BCUT2D eigenvalue weighted by molar-refractivity contribution is 6.26. The molecule has 0 aliphatic heterocycles. The number of benzene rings is 3. The molecule has 0 saturated heterocycles. The summed E-state index contributed by atoms with van der Waals surface area (Å²) in [6.45, 7) is 0. The lowest BCUT2D eigenvalue weighted by molar-refractivity contribution is 0.104. The molecular formula is C18H12O2. The van der Waals surface area contributed by atoms with Crippen molar-refractivity contribution in [1.29, 1.82) is 0 Å². The van der Waals surface area contributed by atoms with Crippen LogP contribution in [0.15, 0.2) is 54.6 Å². The summed E-state index contributed by atoms with van der Waals surface area (Å²) < 4.78 is 5.42. The summed E-state index contributed by atoms with van der Waals surface area (Å²) in [6.07, 6.45) is 0. The van der Waals surface area contributed by atoms with Crippen LogP contribution in [0.3, 0.4) is 0 Å². The number of ketones is 1. The zero-order valence-electron chi connectivity index (χ0n) is 11.0. The van der Waals surface area contributed by atoms with Crippen LogP contribution in [0.5, 0.6) is 5.75 Å². The topological polar surface area (TPSA) is 26.3 Å². The molecule has 96 valence electrons. The minimum Gasteiger partial charge on any atom is -0.496 e. The minimum absolute atomic E-state index is 0.0898. The Hall–Kier alpha value is -2.61. The first-order valence-corrected chi connectivity index (χ1v) is 6.55. The predicted octanol–water partition coefficient (Wildman–Crippen LogP) is 4.06. The number of methoxy groups -OCH3 is 1. The normalized spacial score (nSPS) is 12.3. The van der Waals surface area contributed by atoms with Gasteiger partial charge in [-0.15, -0.1) is 0 Å². The zero-order chi connectivity index (χ0) is 13.7. The minimum atomic E-state index is 0.0898. The van der Waals surface area contributed by atoms with Crippen LogP contribution < -0.4 is 4.74 Å². The van der Waals surface area contributed by atoms with Gasteiger partial charge < -0.3 is 4.74 Å². The van der Waals surface area contributed by atoms with Gasteiger partial charge in [-0.3, -0.25) is 4.79 Å². The molecule has 4 rings (SSSR count). The van der Waals surface area contributed by atoms with E-state index in [1.807, 2.05) is 54.6 Å². The monoisotopic (exact) mass is 260 g/mol. The third-order valence-electron chi connectivity index (χ3n) is 3.93. The van der Waals surface area contributed by atoms with E-state index in [1.165, 1.54) is 0 Å². The van der Waals surface area contributed by atoms with E-state index in [0.717, 1.165) is 38.8 Å². The number of hydrogen-bond donors (Lipinski definition) is 0. The summed E-state index contributed by atoms with van der Waals surface area (Å²) >= 11 is 0. The smallest absolute Gasteiger partial charge is 0.194 e. The molecule has 1 aliphatic carbocycles. The van der Waals surface area contributed by atoms with Crippen molar-refractivity contribution in [2.45, 2.75) is 0 Å². The fourth-order valence-corrected chi connectivity index (χ4v) is 3.03. The molecule has 0 aromatic heterocycles. The maximum absolute atomic E-state index is 12.7. The van der Waals surface area contributed by atoms with Gasteiger partial charge in [-0.05, 0) is 17.2 Å². The Balaban J connectivity index is 2.23.